The average Bonchev–Trinajstić information content (AvgIpc) is 3.13. The monoisotopic (exact) mass is 437 g/mol. The zero-order valence-corrected chi connectivity index (χ0v) is 18.1. The van der Waals surface area contributed by atoms with E-state index < -0.39 is 10.0 Å². The molecule has 0 aliphatic rings. The van der Waals surface area contributed by atoms with Crippen LogP contribution in [-0.2, 0) is 10.0 Å². The Hall–Kier alpha value is -2.93. The van der Waals surface area contributed by atoms with Gasteiger partial charge in [-0.3, -0.25) is 0 Å². The number of halogens is 1. The molecule has 0 spiro atoms. The molecule has 3 aromatic carbocycles. The molecular formula is C23H20ClN3O2S. The molecule has 0 unspecified atom stereocenters. The van der Waals surface area contributed by atoms with Crippen LogP contribution in [0.5, 0.6) is 0 Å². The molecule has 0 amide bonds. The number of aryl methyl sites for hydroxylation is 2. The Balaban J connectivity index is 2.00. The maximum atomic E-state index is 12.2. The van der Waals surface area contributed by atoms with E-state index in [-0.39, 0.29) is 4.90 Å². The van der Waals surface area contributed by atoms with Gasteiger partial charge in [-0.05, 0) is 49.7 Å². The standard InChI is InChI=1S/C23H20ClN3O2S/c1-15-7-12-19(16(2)13-15)20-14-22(17-8-10-18(24)11-9-17)27(26-20)21-5-3-4-6-23(21)30(25,28)29/h3-14H,1-2H3,(H2,25,28,29). The molecule has 0 saturated heterocycles. The van der Waals surface area contributed by atoms with Crippen LogP contribution in [0.4, 0.5) is 0 Å². The lowest BCUT2D eigenvalue weighted by molar-refractivity contribution is 0.596. The van der Waals surface area contributed by atoms with E-state index in [9.17, 15) is 8.42 Å². The van der Waals surface area contributed by atoms with Crippen molar-refractivity contribution < 1.29 is 8.42 Å². The highest BCUT2D eigenvalue weighted by Crippen LogP contribution is 2.32. The van der Waals surface area contributed by atoms with Crippen molar-refractivity contribution in [2.75, 3.05) is 0 Å². The molecular weight excluding hydrogens is 418 g/mol. The number of hydrogen-bond donors (Lipinski definition) is 1. The summed E-state index contributed by atoms with van der Waals surface area (Å²) in [5, 5.41) is 10.9. The number of nitrogens with zero attached hydrogens (tertiary/aromatic N) is 2. The Bertz CT molecular complexity index is 1340. The van der Waals surface area contributed by atoms with Crippen molar-refractivity contribution in [1.82, 2.24) is 9.78 Å². The van der Waals surface area contributed by atoms with Crippen LogP contribution in [0.1, 0.15) is 11.1 Å². The predicted octanol–water partition coefficient (Wildman–Crippen LogP) is 5.12. The number of sulfonamides is 1. The molecule has 4 rings (SSSR count). The second-order valence-electron chi connectivity index (χ2n) is 7.16. The Morgan fingerprint density at radius 2 is 1.63 bits per heavy atom. The van der Waals surface area contributed by atoms with Crippen LogP contribution in [0.2, 0.25) is 5.02 Å². The Labute approximate surface area is 180 Å². The van der Waals surface area contributed by atoms with Crippen LogP contribution in [0.3, 0.4) is 0 Å². The Kier molecular flexibility index (Phi) is 5.24. The Morgan fingerprint density at radius 3 is 2.30 bits per heavy atom. The van der Waals surface area contributed by atoms with Crippen molar-refractivity contribution in [2.24, 2.45) is 5.14 Å². The first kappa shape index (κ1) is 20.3. The number of rotatable bonds is 4. The fourth-order valence-electron chi connectivity index (χ4n) is 3.50. The normalized spacial score (nSPS) is 11.6. The molecule has 0 aliphatic heterocycles. The molecule has 152 valence electrons. The Morgan fingerprint density at radius 1 is 0.933 bits per heavy atom. The number of aromatic nitrogens is 2. The predicted molar refractivity (Wildman–Crippen MR) is 120 cm³/mol. The summed E-state index contributed by atoms with van der Waals surface area (Å²) in [6.45, 7) is 4.07. The van der Waals surface area contributed by atoms with Crippen LogP contribution in [0.25, 0.3) is 28.2 Å². The number of benzene rings is 3. The summed E-state index contributed by atoms with van der Waals surface area (Å²) in [6.07, 6.45) is 0. The fourth-order valence-corrected chi connectivity index (χ4v) is 4.34. The smallest absolute Gasteiger partial charge is 0.231 e. The van der Waals surface area contributed by atoms with Gasteiger partial charge in [0.2, 0.25) is 10.0 Å². The third-order valence-electron chi connectivity index (χ3n) is 4.91. The van der Waals surface area contributed by atoms with Gasteiger partial charge in [0, 0.05) is 16.1 Å². The van der Waals surface area contributed by atoms with Gasteiger partial charge < -0.3 is 0 Å². The molecule has 2 N–H and O–H groups in total. The molecule has 0 bridgehead atoms. The van der Waals surface area contributed by atoms with Gasteiger partial charge in [-0.25, -0.2) is 18.2 Å². The van der Waals surface area contributed by atoms with Crippen molar-refractivity contribution in [1.29, 1.82) is 0 Å². The molecule has 1 aromatic heterocycles. The van der Waals surface area contributed by atoms with Gasteiger partial charge in [0.1, 0.15) is 4.90 Å². The molecule has 5 nitrogen and oxygen atoms in total. The lowest BCUT2D eigenvalue weighted by Gasteiger charge is -2.11. The highest BCUT2D eigenvalue weighted by atomic mass is 35.5. The molecule has 7 heteroatoms. The SMILES string of the molecule is Cc1ccc(-c2cc(-c3ccc(Cl)cc3)n(-c3ccccc3S(N)(=O)=O)n2)c(C)c1. The zero-order valence-electron chi connectivity index (χ0n) is 16.5. The van der Waals surface area contributed by atoms with Crippen molar-refractivity contribution >= 4 is 21.6 Å². The summed E-state index contributed by atoms with van der Waals surface area (Å²) in [5.74, 6) is 0. The molecule has 0 atom stereocenters. The van der Waals surface area contributed by atoms with E-state index in [1.165, 1.54) is 6.07 Å². The van der Waals surface area contributed by atoms with E-state index >= 15 is 0 Å². The van der Waals surface area contributed by atoms with E-state index in [4.69, 9.17) is 21.8 Å². The van der Waals surface area contributed by atoms with Crippen molar-refractivity contribution in [2.45, 2.75) is 18.7 Å². The highest BCUT2D eigenvalue weighted by molar-refractivity contribution is 7.89. The second-order valence-corrected chi connectivity index (χ2v) is 9.13. The summed E-state index contributed by atoms with van der Waals surface area (Å²) in [4.78, 5) is 0.00971. The van der Waals surface area contributed by atoms with Crippen LogP contribution in [-0.4, -0.2) is 18.2 Å². The minimum atomic E-state index is -3.94. The van der Waals surface area contributed by atoms with Crippen LogP contribution < -0.4 is 5.14 Å². The lowest BCUT2D eigenvalue weighted by atomic mass is 10.0. The maximum Gasteiger partial charge on any atom is 0.240 e. The summed E-state index contributed by atoms with van der Waals surface area (Å²) in [7, 11) is -3.94. The molecule has 0 saturated carbocycles. The summed E-state index contributed by atoms with van der Waals surface area (Å²) >= 11 is 6.06. The quantitative estimate of drug-likeness (QED) is 0.481. The third kappa shape index (κ3) is 3.89. The van der Waals surface area contributed by atoms with Crippen molar-refractivity contribution in [3.05, 3.63) is 88.9 Å². The summed E-state index contributed by atoms with van der Waals surface area (Å²) < 4.78 is 26.0. The number of primary sulfonamides is 1. The zero-order chi connectivity index (χ0) is 21.5. The minimum absolute atomic E-state index is 0.00971. The topological polar surface area (TPSA) is 78.0 Å². The number of hydrogen-bond acceptors (Lipinski definition) is 3. The van der Waals surface area contributed by atoms with Gasteiger partial charge in [-0.2, -0.15) is 5.10 Å². The van der Waals surface area contributed by atoms with Crippen molar-refractivity contribution in [3.8, 4) is 28.2 Å². The van der Waals surface area contributed by atoms with Gasteiger partial charge in [-0.15, -0.1) is 0 Å². The van der Waals surface area contributed by atoms with Gasteiger partial charge in [0.15, 0.2) is 0 Å². The first-order valence-electron chi connectivity index (χ1n) is 9.30. The molecule has 0 aliphatic carbocycles. The van der Waals surface area contributed by atoms with E-state index in [0.29, 0.717) is 10.7 Å². The second kappa shape index (κ2) is 7.72. The van der Waals surface area contributed by atoms with Gasteiger partial charge in [0.25, 0.3) is 0 Å². The summed E-state index contributed by atoms with van der Waals surface area (Å²) in [5.41, 5.74) is 5.94. The van der Waals surface area contributed by atoms with E-state index in [2.05, 4.69) is 6.07 Å². The molecule has 0 radical (unpaired) electrons. The third-order valence-corrected chi connectivity index (χ3v) is 6.12. The highest BCUT2D eigenvalue weighted by Gasteiger charge is 2.20. The van der Waals surface area contributed by atoms with Crippen LogP contribution in [0.15, 0.2) is 77.7 Å². The number of nitrogens with two attached hydrogens (primary N) is 1. The first-order valence-corrected chi connectivity index (χ1v) is 11.2. The fraction of sp³-hybridized carbons (Fsp3) is 0.0870. The van der Waals surface area contributed by atoms with Gasteiger partial charge in [-0.1, -0.05) is 59.6 Å². The van der Waals surface area contributed by atoms with Crippen LogP contribution in [0, 0.1) is 13.8 Å². The maximum absolute atomic E-state index is 12.2. The molecule has 1 heterocycles. The van der Waals surface area contributed by atoms with E-state index in [0.717, 1.165) is 33.6 Å². The molecule has 4 aromatic rings. The van der Waals surface area contributed by atoms with Gasteiger partial charge in [0.05, 0.1) is 17.1 Å². The average molecular weight is 438 g/mol. The summed E-state index contributed by atoms with van der Waals surface area (Å²) in [6, 6.07) is 22.0. The molecule has 30 heavy (non-hydrogen) atoms. The largest absolute Gasteiger partial charge is 0.240 e. The van der Waals surface area contributed by atoms with E-state index in [1.54, 1.807) is 35.0 Å². The first-order chi connectivity index (χ1) is 14.2. The van der Waals surface area contributed by atoms with Crippen molar-refractivity contribution in [3.63, 3.8) is 0 Å². The minimum Gasteiger partial charge on any atom is -0.231 e. The molecule has 0 fully saturated rings. The van der Waals surface area contributed by atoms with Gasteiger partial charge >= 0.3 is 0 Å². The van der Waals surface area contributed by atoms with Crippen LogP contribution >= 0.6 is 11.6 Å². The van der Waals surface area contributed by atoms with E-state index in [1.807, 2.05) is 44.2 Å². The lowest BCUT2D eigenvalue weighted by Crippen LogP contribution is -2.16. The number of para-hydroxylation sites is 1.